The lowest BCUT2D eigenvalue weighted by Gasteiger charge is -2.11. The average Bonchev–Trinajstić information content (AvgIpc) is 2.90. The van der Waals surface area contributed by atoms with Gasteiger partial charge >= 0.3 is 5.97 Å². The number of fused-ring (bicyclic) bond motifs is 1. The smallest absolute Gasteiger partial charge is 0.340 e. The number of aryl methyl sites for hydroxylation is 1. The molecule has 21 heavy (non-hydrogen) atoms. The van der Waals surface area contributed by atoms with Crippen LogP contribution in [0.1, 0.15) is 36.8 Å². The zero-order valence-electron chi connectivity index (χ0n) is 10.6. The number of carboxylic acids is 1. The molecule has 6 nitrogen and oxygen atoms in total. The molecule has 3 rings (SSSR count). The van der Waals surface area contributed by atoms with Gasteiger partial charge in [-0.2, -0.15) is 4.37 Å². The Morgan fingerprint density at radius 3 is 2.62 bits per heavy atom. The van der Waals surface area contributed by atoms with E-state index in [-0.39, 0.29) is 27.4 Å². The number of rotatable bonds is 2. The van der Waals surface area contributed by atoms with E-state index >= 15 is 0 Å². The molecule has 0 bridgehead atoms. The second-order valence-corrected chi connectivity index (χ2v) is 6.06. The van der Waals surface area contributed by atoms with Gasteiger partial charge in [0.25, 0.3) is 11.8 Å². The summed E-state index contributed by atoms with van der Waals surface area (Å²) in [7, 11) is 0. The summed E-state index contributed by atoms with van der Waals surface area (Å²) in [4.78, 5) is 37.0. The summed E-state index contributed by atoms with van der Waals surface area (Å²) in [6, 6.07) is 4.74. The number of carbonyl (C=O) groups is 3. The first-order chi connectivity index (χ1) is 9.91. The number of carbonyl (C=O) groups excluding carboxylic acids is 2. The molecule has 0 unspecified atom stereocenters. The van der Waals surface area contributed by atoms with Crippen molar-refractivity contribution >= 4 is 50.2 Å². The minimum atomic E-state index is -1.21. The Balaban J connectivity index is 2.17. The van der Waals surface area contributed by atoms with Crippen molar-refractivity contribution in [3.63, 3.8) is 0 Å². The molecule has 0 saturated carbocycles. The van der Waals surface area contributed by atoms with Crippen molar-refractivity contribution in [2.75, 3.05) is 4.90 Å². The number of imide groups is 1. The molecular weight excluding hydrogens is 360 g/mol. The number of halogens is 1. The molecule has 0 atom stereocenters. The zero-order chi connectivity index (χ0) is 15.3. The van der Waals surface area contributed by atoms with Gasteiger partial charge in [-0.15, -0.1) is 0 Å². The van der Waals surface area contributed by atoms with Crippen LogP contribution < -0.4 is 4.90 Å². The van der Waals surface area contributed by atoms with Crippen molar-refractivity contribution in [3.8, 4) is 0 Å². The summed E-state index contributed by atoms with van der Waals surface area (Å²) in [5.41, 5.74) is 0.663. The highest BCUT2D eigenvalue weighted by Crippen LogP contribution is 2.35. The Morgan fingerprint density at radius 2 is 1.95 bits per heavy atom. The molecule has 0 saturated heterocycles. The van der Waals surface area contributed by atoms with Gasteiger partial charge in [0.1, 0.15) is 10.6 Å². The van der Waals surface area contributed by atoms with E-state index in [1.807, 2.05) is 0 Å². The van der Waals surface area contributed by atoms with Crippen molar-refractivity contribution in [3.05, 3.63) is 45.1 Å². The zero-order valence-corrected chi connectivity index (χ0v) is 13.0. The van der Waals surface area contributed by atoms with E-state index in [0.29, 0.717) is 4.47 Å². The Kier molecular flexibility index (Phi) is 3.14. The van der Waals surface area contributed by atoms with Crippen LogP contribution in [0.2, 0.25) is 0 Å². The Labute approximate surface area is 131 Å². The second kappa shape index (κ2) is 4.74. The van der Waals surface area contributed by atoms with Gasteiger partial charge in [0.05, 0.1) is 16.8 Å². The predicted molar refractivity (Wildman–Crippen MR) is 79.1 cm³/mol. The van der Waals surface area contributed by atoms with Gasteiger partial charge in [-0.1, -0.05) is 15.9 Å². The molecule has 1 aromatic carbocycles. The van der Waals surface area contributed by atoms with Gasteiger partial charge in [0.2, 0.25) is 0 Å². The number of aromatic carboxylic acids is 1. The Morgan fingerprint density at radius 1 is 1.29 bits per heavy atom. The number of nitrogens with zero attached hydrogens (tertiary/aromatic N) is 2. The van der Waals surface area contributed by atoms with Gasteiger partial charge in [0, 0.05) is 4.47 Å². The van der Waals surface area contributed by atoms with Crippen LogP contribution in [0.15, 0.2) is 22.7 Å². The first kappa shape index (κ1) is 13.9. The van der Waals surface area contributed by atoms with Crippen molar-refractivity contribution in [1.29, 1.82) is 0 Å². The SMILES string of the molecule is Cc1nsc(N2C(=O)c3ccc(Br)cc3C2=O)c1C(=O)O. The van der Waals surface area contributed by atoms with Crippen LogP contribution in [0.25, 0.3) is 0 Å². The molecule has 1 aliphatic heterocycles. The first-order valence-corrected chi connectivity index (χ1v) is 7.36. The lowest BCUT2D eigenvalue weighted by atomic mass is 10.1. The molecule has 0 fully saturated rings. The topological polar surface area (TPSA) is 87.6 Å². The Hall–Kier alpha value is -2.06. The van der Waals surface area contributed by atoms with Crippen LogP contribution in [-0.2, 0) is 0 Å². The minimum Gasteiger partial charge on any atom is -0.478 e. The molecule has 0 aliphatic carbocycles. The van der Waals surface area contributed by atoms with Crippen molar-refractivity contribution in [2.24, 2.45) is 0 Å². The van der Waals surface area contributed by atoms with Crippen LogP contribution in [0.5, 0.6) is 0 Å². The van der Waals surface area contributed by atoms with Crippen molar-refractivity contribution in [2.45, 2.75) is 6.92 Å². The highest BCUT2D eigenvalue weighted by atomic mass is 79.9. The van der Waals surface area contributed by atoms with Crippen molar-refractivity contribution in [1.82, 2.24) is 4.37 Å². The van der Waals surface area contributed by atoms with Gasteiger partial charge in [0.15, 0.2) is 0 Å². The summed E-state index contributed by atoms with van der Waals surface area (Å²) in [6.45, 7) is 1.53. The molecule has 1 N–H and O–H groups in total. The number of benzene rings is 1. The maximum absolute atomic E-state index is 12.4. The lowest BCUT2D eigenvalue weighted by Crippen LogP contribution is -2.30. The summed E-state index contributed by atoms with van der Waals surface area (Å²) in [6.07, 6.45) is 0. The molecule has 8 heteroatoms. The highest BCUT2D eigenvalue weighted by Gasteiger charge is 2.40. The molecule has 106 valence electrons. The maximum atomic E-state index is 12.4. The number of aromatic nitrogens is 1. The van der Waals surface area contributed by atoms with E-state index in [1.54, 1.807) is 12.1 Å². The summed E-state index contributed by atoms with van der Waals surface area (Å²) < 4.78 is 4.61. The second-order valence-electron chi connectivity index (χ2n) is 4.39. The summed E-state index contributed by atoms with van der Waals surface area (Å²) in [5, 5.41) is 9.28. The van der Waals surface area contributed by atoms with Gasteiger partial charge < -0.3 is 5.11 Å². The molecule has 2 aromatic rings. The van der Waals surface area contributed by atoms with E-state index in [0.717, 1.165) is 16.4 Å². The van der Waals surface area contributed by atoms with Gasteiger partial charge in [-0.3, -0.25) is 9.59 Å². The molecule has 2 heterocycles. The fourth-order valence-electron chi connectivity index (χ4n) is 2.15. The third-order valence-corrected chi connectivity index (χ3v) is 4.53. The van der Waals surface area contributed by atoms with E-state index in [1.165, 1.54) is 13.0 Å². The quantitative estimate of drug-likeness (QED) is 0.825. The fourth-order valence-corrected chi connectivity index (χ4v) is 3.40. The lowest BCUT2D eigenvalue weighted by molar-refractivity contribution is 0.0697. The predicted octanol–water partition coefficient (Wildman–Crippen LogP) is 2.71. The normalized spacial score (nSPS) is 13.7. The fraction of sp³-hybridized carbons (Fsp3) is 0.0769. The Bertz CT molecular complexity index is 814. The minimum absolute atomic E-state index is 0.0438. The highest BCUT2D eigenvalue weighted by molar-refractivity contribution is 9.10. The molecular formula is C13H7BrN2O4S. The number of anilines is 1. The average molecular weight is 367 g/mol. The molecule has 0 radical (unpaired) electrons. The number of amides is 2. The number of carboxylic acid groups (broad SMARTS) is 1. The van der Waals surface area contributed by atoms with Gasteiger partial charge in [-0.25, -0.2) is 9.69 Å². The standard InChI is InChI=1S/C13H7BrN2O4S/c1-5-9(13(19)20)12(21-15-5)16-10(17)7-3-2-6(14)4-8(7)11(16)18/h2-4H,1H3,(H,19,20). The van der Waals surface area contributed by atoms with Crippen LogP contribution >= 0.6 is 27.5 Å². The first-order valence-electron chi connectivity index (χ1n) is 5.79. The van der Waals surface area contributed by atoms with Crippen LogP contribution in [0.3, 0.4) is 0 Å². The summed E-state index contributed by atoms with van der Waals surface area (Å²) in [5.74, 6) is -2.29. The number of hydrogen-bond acceptors (Lipinski definition) is 5. The molecule has 2 amide bonds. The maximum Gasteiger partial charge on any atom is 0.340 e. The largest absolute Gasteiger partial charge is 0.478 e. The van der Waals surface area contributed by atoms with Crippen molar-refractivity contribution < 1.29 is 19.5 Å². The van der Waals surface area contributed by atoms with E-state index in [4.69, 9.17) is 0 Å². The third kappa shape index (κ3) is 1.98. The van der Waals surface area contributed by atoms with E-state index < -0.39 is 17.8 Å². The molecule has 1 aromatic heterocycles. The molecule has 0 spiro atoms. The number of hydrogen-bond donors (Lipinski definition) is 1. The third-order valence-electron chi connectivity index (χ3n) is 3.11. The van der Waals surface area contributed by atoms with E-state index in [9.17, 15) is 19.5 Å². The van der Waals surface area contributed by atoms with Gasteiger partial charge in [-0.05, 0) is 36.7 Å². The summed E-state index contributed by atoms with van der Waals surface area (Å²) >= 11 is 4.07. The molecule has 1 aliphatic rings. The van der Waals surface area contributed by atoms with E-state index in [2.05, 4.69) is 20.3 Å². The van der Waals surface area contributed by atoms with Crippen LogP contribution in [-0.4, -0.2) is 27.3 Å². The van der Waals surface area contributed by atoms with Crippen LogP contribution in [0.4, 0.5) is 5.00 Å². The monoisotopic (exact) mass is 366 g/mol. The van der Waals surface area contributed by atoms with Crippen LogP contribution in [0, 0.1) is 6.92 Å².